The Bertz CT molecular complexity index is 990. The number of benzene rings is 2. The maximum atomic E-state index is 13.1. The molecule has 0 saturated carbocycles. The molecule has 0 radical (unpaired) electrons. The van der Waals surface area contributed by atoms with E-state index in [0.29, 0.717) is 49.2 Å². The molecular weight excluding hydrogens is 408 g/mol. The molecule has 7 nitrogen and oxygen atoms in total. The van der Waals surface area contributed by atoms with Gasteiger partial charge in [0.1, 0.15) is 5.75 Å². The van der Waals surface area contributed by atoms with Crippen molar-refractivity contribution in [3.05, 3.63) is 53.6 Å². The zero-order valence-electron chi connectivity index (χ0n) is 18.9. The number of carbonyl (C=O) groups excluding carboxylic acids is 2. The molecule has 1 saturated heterocycles. The van der Waals surface area contributed by atoms with E-state index in [-0.39, 0.29) is 18.6 Å². The molecule has 2 aromatic carbocycles. The molecule has 2 amide bonds. The Balaban J connectivity index is 1.37. The van der Waals surface area contributed by atoms with Crippen molar-refractivity contribution < 1.29 is 23.8 Å². The van der Waals surface area contributed by atoms with E-state index in [1.807, 2.05) is 24.3 Å². The standard InChI is InChI=1S/C25H30N2O5/c1-17(2)20-7-4-5-8-21(20)32-18(3)24(28)26-11-6-12-27(14-13-26)25(29)19-9-10-22-23(15-19)31-16-30-22/h4-5,7-10,15,17-18H,6,11-14,16H2,1-3H3. The number of fused-ring (bicyclic) bond motifs is 1. The number of ether oxygens (including phenoxy) is 3. The molecule has 2 aliphatic rings. The van der Waals surface area contributed by atoms with E-state index in [9.17, 15) is 9.59 Å². The Kier molecular flexibility index (Phi) is 6.53. The van der Waals surface area contributed by atoms with Crippen LogP contribution in [0.1, 0.15) is 49.0 Å². The molecule has 0 aliphatic carbocycles. The van der Waals surface area contributed by atoms with Crippen LogP contribution in [-0.2, 0) is 4.79 Å². The van der Waals surface area contributed by atoms with Crippen LogP contribution in [0.4, 0.5) is 0 Å². The van der Waals surface area contributed by atoms with E-state index in [1.54, 1.807) is 34.9 Å². The molecule has 0 N–H and O–H groups in total. The van der Waals surface area contributed by atoms with Crippen LogP contribution >= 0.6 is 0 Å². The lowest BCUT2D eigenvalue weighted by molar-refractivity contribution is -0.137. The van der Waals surface area contributed by atoms with Crippen LogP contribution in [0.15, 0.2) is 42.5 Å². The Morgan fingerprint density at radius 2 is 1.62 bits per heavy atom. The van der Waals surface area contributed by atoms with Gasteiger partial charge in [0.15, 0.2) is 17.6 Å². The molecule has 2 aliphatic heterocycles. The molecule has 7 heteroatoms. The van der Waals surface area contributed by atoms with Crippen molar-refractivity contribution in [3.8, 4) is 17.2 Å². The van der Waals surface area contributed by atoms with Gasteiger partial charge in [0, 0.05) is 31.7 Å². The number of hydrogen-bond acceptors (Lipinski definition) is 5. The molecule has 1 fully saturated rings. The van der Waals surface area contributed by atoms with Crippen LogP contribution in [0.2, 0.25) is 0 Å². The van der Waals surface area contributed by atoms with Gasteiger partial charge in [0.25, 0.3) is 11.8 Å². The smallest absolute Gasteiger partial charge is 0.263 e. The third-order valence-electron chi connectivity index (χ3n) is 5.91. The Labute approximate surface area is 188 Å². The number of amides is 2. The largest absolute Gasteiger partial charge is 0.481 e. The van der Waals surface area contributed by atoms with Gasteiger partial charge in [-0.15, -0.1) is 0 Å². The number of nitrogens with zero attached hydrogens (tertiary/aromatic N) is 2. The van der Waals surface area contributed by atoms with Gasteiger partial charge < -0.3 is 24.0 Å². The maximum absolute atomic E-state index is 13.1. The van der Waals surface area contributed by atoms with E-state index < -0.39 is 6.10 Å². The van der Waals surface area contributed by atoms with E-state index in [0.717, 1.165) is 17.7 Å². The van der Waals surface area contributed by atoms with Gasteiger partial charge in [-0.05, 0) is 49.1 Å². The van der Waals surface area contributed by atoms with Crippen LogP contribution in [0, 0.1) is 0 Å². The van der Waals surface area contributed by atoms with Crippen molar-refractivity contribution in [1.82, 2.24) is 9.80 Å². The van der Waals surface area contributed by atoms with Crippen molar-refractivity contribution in [3.63, 3.8) is 0 Å². The highest BCUT2D eigenvalue weighted by molar-refractivity contribution is 5.95. The number of rotatable bonds is 5. The van der Waals surface area contributed by atoms with Gasteiger partial charge in [0.05, 0.1) is 0 Å². The first kappa shape index (κ1) is 22.0. The topological polar surface area (TPSA) is 68.3 Å². The Hall–Kier alpha value is -3.22. The summed E-state index contributed by atoms with van der Waals surface area (Å²) < 4.78 is 16.8. The highest BCUT2D eigenvalue weighted by Crippen LogP contribution is 2.33. The van der Waals surface area contributed by atoms with Gasteiger partial charge in [-0.1, -0.05) is 32.0 Å². The monoisotopic (exact) mass is 438 g/mol. The third kappa shape index (κ3) is 4.66. The average Bonchev–Trinajstić information content (AvgIpc) is 3.13. The van der Waals surface area contributed by atoms with Gasteiger partial charge in [0.2, 0.25) is 6.79 Å². The van der Waals surface area contributed by atoms with Crippen LogP contribution < -0.4 is 14.2 Å². The number of para-hydroxylation sites is 1. The molecule has 0 spiro atoms. The fourth-order valence-corrected chi connectivity index (χ4v) is 4.12. The first-order valence-corrected chi connectivity index (χ1v) is 11.2. The fourth-order valence-electron chi connectivity index (χ4n) is 4.12. The van der Waals surface area contributed by atoms with Crippen LogP contribution in [0.25, 0.3) is 0 Å². The molecule has 0 bridgehead atoms. The molecule has 2 aromatic rings. The van der Waals surface area contributed by atoms with Gasteiger partial charge in [-0.2, -0.15) is 0 Å². The first-order valence-electron chi connectivity index (χ1n) is 11.2. The predicted molar refractivity (Wildman–Crippen MR) is 120 cm³/mol. The summed E-state index contributed by atoms with van der Waals surface area (Å²) in [5.74, 6) is 2.19. The van der Waals surface area contributed by atoms with Crippen molar-refractivity contribution in [2.75, 3.05) is 33.0 Å². The fraction of sp³-hybridized carbons (Fsp3) is 0.440. The molecule has 32 heavy (non-hydrogen) atoms. The minimum atomic E-state index is -0.592. The molecule has 1 atom stereocenters. The van der Waals surface area contributed by atoms with Crippen LogP contribution in [-0.4, -0.2) is 60.7 Å². The molecular formula is C25H30N2O5. The summed E-state index contributed by atoms with van der Waals surface area (Å²) in [6.45, 7) is 8.34. The van der Waals surface area contributed by atoms with Crippen molar-refractivity contribution in [1.29, 1.82) is 0 Å². The van der Waals surface area contributed by atoms with Crippen molar-refractivity contribution >= 4 is 11.8 Å². The van der Waals surface area contributed by atoms with E-state index in [2.05, 4.69) is 13.8 Å². The highest BCUT2D eigenvalue weighted by atomic mass is 16.7. The quantitative estimate of drug-likeness (QED) is 0.712. The minimum absolute atomic E-state index is 0.0547. The van der Waals surface area contributed by atoms with Gasteiger partial charge in [-0.3, -0.25) is 9.59 Å². The van der Waals surface area contributed by atoms with Crippen molar-refractivity contribution in [2.24, 2.45) is 0 Å². The second kappa shape index (κ2) is 9.51. The first-order chi connectivity index (χ1) is 15.4. The van der Waals surface area contributed by atoms with Crippen molar-refractivity contribution in [2.45, 2.75) is 39.2 Å². The Morgan fingerprint density at radius 1 is 0.906 bits per heavy atom. The Morgan fingerprint density at radius 3 is 2.44 bits per heavy atom. The van der Waals surface area contributed by atoms with Crippen LogP contribution in [0.5, 0.6) is 17.2 Å². The molecule has 2 heterocycles. The van der Waals surface area contributed by atoms with Crippen LogP contribution in [0.3, 0.4) is 0 Å². The number of hydrogen-bond donors (Lipinski definition) is 0. The zero-order valence-corrected chi connectivity index (χ0v) is 18.9. The summed E-state index contributed by atoms with van der Waals surface area (Å²) in [6.07, 6.45) is 0.128. The summed E-state index contributed by atoms with van der Waals surface area (Å²) >= 11 is 0. The highest BCUT2D eigenvalue weighted by Gasteiger charge is 2.28. The summed E-state index contributed by atoms with van der Waals surface area (Å²) in [5.41, 5.74) is 1.65. The second-order valence-corrected chi connectivity index (χ2v) is 8.49. The molecule has 170 valence electrons. The SMILES string of the molecule is CC(Oc1ccccc1C(C)C)C(=O)N1CCCN(C(=O)c2ccc3c(c2)OCO3)CC1. The minimum Gasteiger partial charge on any atom is -0.481 e. The molecule has 4 rings (SSSR count). The third-order valence-corrected chi connectivity index (χ3v) is 5.91. The second-order valence-electron chi connectivity index (χ2n) is 8.49. The van der Waals surface area contributed by atoms with E-state index >= 15 is 0 Å². The summed E-state index contributed by atoms with van der Waals surface area (Å²) in [6, 6.07) is 13.1. The maximum Gasteiger partial charge on any atom is 0.263 e. The summed E-state index contributed by atoms with van der Waals surface area (Å²) in [7, 11) is 0. The summed E-state index contributed by atoms with van der Waals surface area (Å²) in [4.78, 5) is 29.7. The zero-order chi connectivity index (χ0) is 22.7. The lowest BCUT2D eigenvalue weighted by atomic mass is 10.0. The van der Waals surface area contributed by atoms with Gasteiger partial charge in [-0.25, -0.2) is 0 Å². The molecule has 1 unspecified atom stereocenters. The lowest BCUT2D eigenvalue weighted by Crippen LogP contribution is -2.43. The molecule has 0 aromatic heterocycles. The predicted octanol–water partition coefficient (Wildman–Crippen LogP) is 3.68. The van der Waals surface area contributed by atoms with Gasteiger partial charge >= 0.3 is 0 Å². The normalized spacial score (nSPS) is 16.6. The lowest BCUT2D eigenvalue weighted by Gasteiger charge is -2.26. The number of carbonyl (C=O) groups is 2. The average molecular weight is 439 g/mol. The summed E-state index contributed by atoms with van der Waals surface area (Å²) in [5, 5.41) is 0. The van der Waals surface area contributed by atoms with E-state index in [4.69, 9.17) is 14.2 Å². The van der Waals surface area contributed by atoms with E-state index in [1.165, 1.54) is 0 Å².